The second kappa shape index (κ2) is 12.1. The third-order valence-corrected chi connectivity index (χ3v) is 8.20. The number of fused-ring (bicyclic) bond motifs is 1. The first-order valence-corrected chi connectivity index (χ1v) is 13.5. The summed E-state index contributed by atoms with van der Waals surface area (Å²) < 4.78 is 51.3. The van der Waals surface area contributed by atoms with Crippen LogP contribution in [-0.4, -0.2) is 35.9 Å². The number of halogens is 3. The summed E-state index contributed by atoms with van der Waals surface area (Å²) >= 11 is 1.46. The van der Waals surface area contributed by atoms with E-state index in [0.29, 0.717) is 35.0 Å². The van der Waals surface area contributed by atoms with E-state index in [1.807, 2.05) is 37.4 Å². The number of allylic oxidation sites excluding steroid dienone is 4. The van der Waals surface area contributed by atoms with E-state index in [1.165, 1.54) is 31.0 Å². The summed E-state index contributed by atoms with van der Waals surface area (Å²) in [6.45, 7) is 9.64. The Kier molecular flexibility index (Phi) is 8.87. The first-order valence-electron chi connectivity index (χ1n) is 12.5. The van der Waals surface area contributed by atoms with Crippen LogP contribution in [0, 0.1) is 12.7 Å². The summed E-state index contributed by atoms with van der Waals surface area (Å²) in [5.74, 6) is -1.83. The molecule has 3 aromatic rings. The predicted octanol–water partition coefficient (Wildman–Crippen LogP) is 7.19. The van der Waals surface area contributed by atoms with Crippen molar-refractivity contribution in [3.05, 3.63) is 118 Å². The molecule has 0 saturated heterocycles. The number of hydrogen-bond acceptors (Lipinski definition) is 4. The number of ether oxygens (including phenoxy) is 1. The maximum Gasteiger partial charge on any atom is 0.260 e. The van der Waals surface area contributed by atoms with E-state index in [1.54, 1.807) is 17.6 Å². The van der Waals surface area contributed by atoms with E-state index in [-0.39, 0.29) is 40.5 Å². The Morgan fingerprint density at radius 2 is 1.92 bits per heavy atom. The number of thioether (sulfide) groups is 1. The van der Waals surface area contributed by atoms with Crippen molar-refractivity contribution in [2.24, 2.45) is 0 Å². The SMILES string of the molecule is C=C/C(F)=C(/Cc1c(C)c(-c2cccc(OC)c2F)c(=O)n2c1SCC2CN(C)Cc1ccccc1)C(=C)F. The van der Waals surface area contributed by atoms with Crippen LogP contribution >= 0.6 is 11.8 Å². The quantitative estimate of drug-likeness (QED) is 0.250. The van der Waals surface area contributed by atoms with E-state index in [2.05, 4.69) is 18.1 Å². The zero-order chi connectivity index (χ0) is 28.3. The zero-order valence-electron chi connectivity index (χ0n) is 22.3. The summed E-state index contributed by atoms with van der Waals surface area (Å²) in [7, 11) is 3.33. The fraction of sp³-hybridized carbons (Fsp3) is 0.258. The van der Waals surface area contributed by atoms with Gasteiger partial charge in [-0.1, -0.05) is 55.6 Å². The number of aromatic nitrogens is 1. The molecule has 0 saturated carbocycles. The molecule has 1 unspecified atom stereocenters. The Labute approximate surface area is 231 Å². The van der Waals surface area contributed by atoms with Crippen molar-refractivity contribution in [2.45, 2.75) is 31.0 Å². The lowest BCUT2D eigenvalue weighted by Crippen LogP contribution is -2.34. The second-order valence-electron chi connectivity index (χ2n) is 9.54. The van der Waals surface area contributed by atoms with Gasteiger partial charge in [-0.05, 0) is 42.8 Å². The Morgan fingerprint density at radius 1 is 1.21 bits per heavy atom. The maximum atomic E-state index is 15.5. The predicted molar refractivity (Wildman–Crippen MR) is 152 cm³/mol. The molecule has 2 aromatic carbocycles. The standard InChI is InChI=1S/C31H31F3N2O2S/c1-6-26(33)25(20(3)32)15-24-19(2)28(23-13-10-14-27(38-5)29(23)34)30(37)36-22(18-39-31(24)36)17-35(4)16-21-11-8-7-9-12-21/h6-14,22H,1,3,15-18H2,2,4-5H3/b26-25+. The lowest BCUT2D eigenvalue weighted by molar-refractivity contribution is 0.276. The molecule has 0 aliphatic carbocycles. The molecule has 4 nitrogen and oxygen atoms in total. The monoisotopic (exact) mass is 552 g/mol. The molecule has 1 aliphatic rings. The van der Waals surface area contributed by atoms with Gasteiger partial charge in [0, 0.05) is 36.4 Å². The molecule has 1 aliphatic heterocycles. The number of nitrogens with zero attached hydrogens (tertiary/aromatic N) is 2. The van der Waals surface area contributed by atoms with Crippen LogP contribution in [0.3, 0.4) is 0 Å². The van der Waals surface area contributed by atoms with E-state index in [0.717, 1.165) is 11.6 Å². The minimum atomic E-state index is -0.923. The van der Waals surface area contributed by atoms with Gasteiger partial charge in [0.2, 0.25) is 0 Å². The van der Waals surface area contributed by atoms with Crippen LogP contribution in [0.4, 0.5) is 13.2 Å². The summed E-state index contributed by atoms with van der Waals surface area (Å²) in [5.41, 5.74) is 1.77. The highest BCUT2D eigenvalue weighted by molar-refractivity contribution is 7.99. The minimum Gasteiger partial charge on any atom is -0.494 e. The van der Waals surface area contributed by atoms with Crippen LogP contribution in [0.25, 0.3) is 11.1 Å². The number of rotatable bonds is 10. The molecule has 204 valence electrons. The molecule has 8 heteroatoms. The average molecular weight is 553 g/mol. The normalized spacial score (nSPS) is 15.2. The Balaban J connectivity index is 1.88. The number of benzene rings is 2. The van der Waals surface area contributed by atoms with Crippen molar-refractivity contribution in [1.82, 2.24) is 9.47 Å². The lowest BCUT2D eigenvalue weighted by atomic mass is 9.93. The highest BCUT2D eigenvalue weighted by Crippen LogP contribution is 2.41. The molecule has 0 amide bonds. The van der Waals surface area contributed by atoms with Crippen LogP contribution in [0.1, 0.15) is 22.7 Å². The van der Waals surface area contributed by atoms with Crippen LogP contribution in [0.5, 0.6) is 5.75 Å². The van der Waals surface area contributed by atoms with Gasteiger partial charge in [0.1, 0.15) is 11.7 Å². The third kappa shape index (κ3) is 5.77. The molecule has 2 heterocycles. The summed E-state index contributed by atoms with van der Waals surface area (Å²) in [6.07, 6.45) is 0.773. The van der Waals surface area contributed by atoms with Crippen LogP contribution in [-0.2, 0) is 13.0 Å². The Bertz CT molecular complexity index is 1500. The van der Waals surface area contributed by atoms with Gasteiger partial charge in [0.05, 0.1) is 23.7 Å². The van der Waals surface area contributed by atoms with E-state index in [4.69, 9.17) is 4.74 Å². The highest BCUT2D eigenvalue weighted by atomic mass is 32.2. The van der Waals surface area contributed by atoms with Crippen molar-refractivity contribution in [2.75, 3.05) is 26.5 Å². The fourth-order valence-electron chi connectivity index (χ4n) is 5.02. The van der Waals surface area contributed by atoms with E-state index in [9.17, 15) is 13.6 Å². The van der Waals surface area contributed by atoms with Gasteiger partial charge in [-0.15, -0.1) is 11.8 Å². The van der Waals surface area contributed by atoms with Crippen molar-refractivity contribution in [3.63, 3.8) is 0 Å². The van der Waals surface area contributed by atoms with Crippen molar-refractivity contribution in [1.29, 1.82) is 0 Å². The molecule has 0 fully saturated rings. The van der Waals surface area contributed by atoms with Gasteiger partial charge in [-0.3, -0.25) is 9.36 Å². The highest BCUT2D eigenvalue weighted by Gasteiger charge is 2.32. The number of methoxy groups -OCH3 is 1. The van der Waals surface area contributed by atoms with Gasteiger partial charge in [-0.2, -0.15) is 0 Å². The number of likely N-dealkylation sites (N-methyl/N-ethyl adjacent to an activating group) is 1. The van der Waals surface area contributed by atoms with Gasteiger partial charge in [0.15, 0.2) is 11.6 Å². The molecule has 1 aromatic heterocycles. The first kappa shape index (κ1) is 28.5. The zero-order valence-corrected chi connectivity index (χ0v) is 23.1. The van der Waals surface area contributed by atoms with Gasteiger partial charge in [0.25, 0.3) is 5.56 Å². The molecular formula is C31H31F3N2O2S. The molecule has 1 atom stereocenters. The van der Waals surface area contributed by atoms with Gasteiger partial charge in [-0.25, -0.2) is 13.2 Å². The van der Waals surface area contributed by atoms with Gasteiger partial charge < -0.3 is 9.64 Å². The molecular weight excluding hydrogens is 521 g/mol. The Hall–Kier alpha value is -3.49. The number of pyridine rings is 1. The fourth-order valence-corrected chi connectivity index (χ4v) is 6.39. The largest absolute Gasteiger partial charge is 0.494 e. The lowest BCUT2D eigenvalue weighted by Gasteiger charge is -2.24. The Morgan fingerprint density at radius 3 is 2.56 bits per heavy atom. The molecule has 0 bridgehead atoms. The maximum absolute atomic E-state index is 15.5. The first-order chi connectivity index (χ1) is 18.7. The average Bonchev–Trinajstić information content (AvgIpc) is 3.33. The van der Waals surface area contributed by atoms with Crippen molar-refractivity contribution >= 4 is 11.8 Å². The molecule has 0 spiro atoms. The number of hydrogen-bond donors (Lipinski definition) is 0. The molecule has 39 heavy (non-hydrogen) atoms. The van der Waals surface area contributed by atoms with E-state index >= 15 is 4.39 Å². The second-order valence-corrected chi connectivity index (χ2v) is 10.5. The summed E-state index contributed by atoms with van der Waals surface area (Å²) in [5, 5.41) is 0.623. The van der Waals surface area contributed by atoms with Crippen LogP contribution in [0.15, 0.2) is 94.8 Å². The molecule has 0 radical (unpaired) electrons. The van der Waals surface area contributed by atoms with Crippen molar-refractivity contribution < 1.29 is 17.9 Å². The smallest absolute Gasteiger partial charge is 0.260 e. The van der Waals surface area contributed by atoms with Crippen LogP contribution < -0.4 is 10.3 Å². The van der Waals surface area contributed by atoms with Crippen LogP contribution in [0.2, 0.25) is 0 Å². The summed E-state index contributed by atoms with van der Waals surface area (Å²) in [4.78, 5) is 16.2. The van der Waals surface area contributed by atoms with E-state index < -0.39 is 17.5 Å². The molecule has 0 N–H and O–H groups in total. The molecule has 4 rings (SSSR count). The van der Waals surface area contributed by atoms with Crippen molar-refractivity contribution in [3.8, 4) is 16.9 Å². The van der Waals surface area contributed by atoms with Gasteiger partial charge >= 0.3 is 0 Å². The topological polar surface area (TPSA) is 34.5 Å². The third-order valence-electron chi connectivity index (χ3n) is 6.93. The minimum absolute atomic E-state index is 0.00212. The summed E-state index contributed by atoms with van der Waals surface area (Å²) in [6, 6.07) is 14.4.